The number of ether oxygens (including phenoxy) is 6. The Kier molecular flexibility index (Phi) is 7.88. The zero-order chi connectivity index (χ0) is 24.8. The Morgan fingerprint density at radius 1 is 0.941 bits per heavy atom. The fraction of sp³-hybridized carbons (Fsp3) is 0.360. The summed E-state index contributed by atoms with van der Waals surface area (Å²) in [7, 11) is 4.65. The molecule has 0 spiro atoms. The van der Waals surface area contributed by atoms with Crippen molar-refractivity contribution in [3.05, 3.63) is 47.4 Å². The molecule has 9 nitrogen and oxygen atoms in total. The van der Waals surface area contributed by atoms with Gasteiger partial charge in [-0.25, -0.2) is 4.79 Å². The highest BCUT2D eigenvalue weighted by Crippen LogP contribution is 2.46. The summed E-state index contributed by atoms with van der Waals surface area (Å²) in [6.45, 7) is 3.76. The van der Waals surface area contributed by atoms with Gasteiger partial charge in [0.05, 0.1) is 46.5 Å². The van der Waals surface area contributed by atoms with Crippen molar-refractivity contribution < 1.29 is 38.0 Å². The molecule has 182 valence electrons. The molecule has 0 fully saturated rings. The van der Waals surface area contributed by atoms with E-state index < -0.39 is 17.9 Å². The Morgan fingerprint density at radius 3 is 2.15 bits per heavy atom. The number of hydrogen-bond donors (Lipinski definition) is 1. The molecule has 2 N–H and O–H groups in total. The van der Waals surface area contributed by atoms with Crippen LogP contribution in [0.4, 0.5) is 0 Å². The first-order valence-corrected chi connectivity index (χ1v) is 10.8. The minimum atomic E-state index is -0.725. The van der Waals surface area contributed by atoms with Gasteiger partial charge in [-0.05, 0) is 31.5 Å². The van der Waals surface area contributed by atoms with E-state index in [0.717, 1.165) is 5.56 Å². The maximum absolute atomic E-state index is 12.7. The minimum Gasteiger partial charge on any atom is -0.496 e. The molecule has 0 bridgehead atoms. The summed E-state index contributed by atoms with van der Waals surface area (Å²) in [6, 6.07) is 8.84. The molecular weight excluding hydrogens is 442 g/mol. The van der Waals surface area contributed by atoms with E-state index in [1.165, 1.54) is 0 Å². The second kappa shape index (κ2) is 10.8. The Bertz CT molecular complexity index is 1080. The van der Waals surface area contributed by atoms with Gasteiger partial charge in [-0.15, -0.1) is 0 Å². The van der Waals surface area contributed by atoms with Gasteiger partial charge in [0, 0.05) is 23.6 Å². The van der Waals surface area contributed by atoms with Crippen LogP contribution < -0.4 is 24.7 Å². The van der Waals surface area contributed by atoms with Crippen molar-refractivity contribution in [2.45, 2.75) is 26.2 Å². The van der Waals surface area contributed by atoms with Crippen LogP contribution in [0.15, 0.2) is 41.8 Å². The number of benzene rings is 2. The van der Waals surface area contributed by atoms with Gasteiger partial charge in [0.25, 0.3) is 0 Å². The van der Waals surface area contributed by atoms with Gasteiger partial charge in [0.15, 0.2) is 0 Å². The number of hydrogen-bond acceptors (Lipinski definition) is 9. The van der Waals surface area contributed by atoms with Gasteiger partial charge in [-0.3, -0.25) is 4.79 Å². The van der Waals surface area contributed by atoms with Gasteiger partial charge in [0.1, 0.15) is 28.6 Å². The van der Waals surface area contributed by atoms with Crippen LogP contribution in [-0.4, -0.2) is 46.5 Å². The molecule has 3 rings (SSSR count). The van der Waals surface area contributed by atoms with E-state index in [1.54, 1.807) is 53.4 Å². The van der Waals surface area contributed by atoms with Crippen molar-refractivity contribution in [3.63, 3.8) is 0 Å². The Hall–Kier alpha value is -3.88. The first-order chi connectivity index (χ1) is 16.4. The second-order valence-electron chi connectivity index (χ2n) is 7.32. The first kappa shape index (κ1) is 24.8. The third-order valence-corrected chi connectivity index (χ3v) is 5.39. The number of rotatable bonds is 9. The molecule has 1 aliphatic heterocycles. The highest BCUT2D eigenvalue weighted by Gasteiger charge is 2.36. The summed E-state index contributed by atoms with van der Waals surface area (Å²) < 4.78 is 32.6. The highest BCUT2D eigenvalue weighted by molar-refractivity contribution is 5.93. The summed E-state index contributed by atoms with van der Waals surface area (Å²) >= 11 is 0. The third-order valence-electron chi connectivity index (χ3n) is 5.39. The lowest BCUT2D eigenvalue weighted by molar-refractivity contribution is -0.143. The fourth-order valence-corrected chi connectivity index (χ4v) is 3.91. The Morgan fingerprint density at radius 2 is 1.59 bits per heavy atom. The highest BCUT2D eigenvalue weighted by atomic mass is 16.5. The Balaban J connectivity index is 2.18. The SMILES string of the molecule is CCOC(=O)CC1C(C(=O)OCC)=C(N)Oc2ccc(-c3c(OC)cc(OC)cc3OC)cc21. The van der Waals surface area contributed by atoms with Gasteiger partial charge in [-0.2, -0.15) is 0 Å². The normalized spacial score (nSPS) is 14.6. The number of methoxy groups -OCH3 is 3. The molecule has 0 aliphatic carbocycles. The molecule has 34 heavy (non-hydrogen) atoms. The molecule has 0 saturated carbocycles. The zero-order valence-electron chi connectivity index (χ0n) is 19.9. The molecule has 1 heterocycles. The smallest absolute Gasteiger partial charge is 0.340 e. The van der Waals surface area contributed by atoms with Crippen molar-refractivity contribution >= 4 is 11.9 Å². The van der Waals surface area contributed by atoms with Crippen LogP contribution in [0.2, 0.25) is 0 Å². The van der Waals surface area contributed by atoms with Crippen molar-refractivity contribution in [1.82, 2.24) is 0 Å². The molecule has 2 aromatic rings. The summed E-state index contributed by atoms with van der Waals surface area (Å²) in [5.41, 5.74) is 8.14. The monoisotopic (exact) mass is 471 g/mol. The summed E-state index contributed by atoms with van der Waals surface area (Å²) in [5, 5.41) is 0. The predicted octanol–water partition coefficient (Wildman–Crippen LogP) is 3.54. The summed E-state index contributed by atoms with van der Waals surface area (Å²) in [6.07, 6.45) is -0.112. The topological polar surface area (TPSA) is 116 Å². The van der Waals surface area contributed by atoms with Crippen LogP contribution in [0.3, 0.4) is 0 Å². The molecule has 0 saturated heterocycles. The van der Waals surface area contributed by atoms with Crippen LogP contribution in [-0.2, 0) is 19.1 Å². The quantitative estimate of drug-likeness (QED) is 0.548. The van der Waals surface area contributed by atoms with Gasteiger partial charge < -0.3 is 34.2 Å². The van der Waals surface area contributed by atoms with E-state index in [1.807, 2.05) is 12.1 Å². The van der Waals surface area contributed by atoms with Crippen LogP contribution in [0.1, 0.15) is 31.7 Å². The molecule has 1 aliphatic rings. The van der Waals surface area contributed by atoms with E-state index in [2.05, 4.69) is 0 Å². The van der Waals surface area contributed by atoms with E-state index >= 15 is 0 Å². The van der Waals surface area contributed by atoms with Crippen molar-refractivity contribution in [1.29, 1.82) is 0 Å². The largest absolute Gasteiger partial charge is 0.496 e. The summed E-state index contributed by atoms with van der Waals surface area (Å²) in [5.74, 6) is 0.0924. The standard InChI is InChI=1S/C25H29NO8/c1-6-32-21(27)13-17-16-10-14(22-19(30-4)11-15(29-3)12-20(22)31-5)8-9-18(16)34-24(26)23(17)25(28)33-7-2/h8-12,17H,6-7,13,26H2,1-5H3. The lowest BCUT2D eigenvalue weighted by atomic mass is 9.84. The third kappa shape index (κ3) is 4.88. The van der Waals surface area contributed by atoms with Crippen molar-refractivity contribution in [3.8, 4) is 34.1 Å². The van der Waals surface area contributed by atoms with E-state index in [9.17, 15) is 9.59 Å². The van der Waals surface area contributed by atoms with Crippen LogP contribution >= 0.6 is 0 Å². The molecule has 1 atom stereocenters. The lowest BCUT2D eigenvalue weighted by Crippen LogP contribution is -2.28. The van der Waals surface area contributed by atoms with Gasteiger partial charge >= 0.3 is 11.9 Å². The zero-order valence-corrected chi connectivity index (χ0v) is 19.9. The predicted molar refractivity (Wildman–Crippen MR) is 124 cm³/mol. The van der Waals surface area contributed by atoms with E-state index in [0.29, 0.717) is 34.1 Å². The molecule has 0 radical (unpaired) electrons. The maximum Gasteiger partial charge on any atom is 0.340 e. The number of esters is 2. The van der Waals surface area contributed by atoms with Crippen LogP contribution in [0.5, 0.6) is 23.0 Å². The van der Waals surface area contributed by atoms with Gasteiger partial charge in [-0.1, -0.05) is 6.07 Å². The molecule has 9 heteroatoms. The van der Waals surface area contributed by atoms with E-state index in [4.69, 9.17) is 34.2 Å². The van der Waals surface area contributed by atoms with E-state index in [-0.39, 0.29) is 31.1 Å². The van der Waals surface area contributed by atoms with Crippen LogP contribution in [0, 0.1) is 0 Å². The Labute approximate surface area is 198 Å². The fourth-order valence-electron chi connectivity index (χ4n) is 3.91. The molecule has 2 aromatic carbocycles. The molecule has 0 aromatic heterocycles. The average Bonchev–Trinajstić information content (AvgIpc) is 2.83. The molecule has 0 amide bonds. The van der Waals surface area contributed by atoms with Crippen molar-refractivity contribution in [2.24, 2.45) is 5.73 Å². The van der Waals surface area contributed by atoms with Crippen molar-refractivity contribution in [2.75, 3.05) is 34.5 Å². The summed E-state index contributed by atoms with van der Waals surface area (Å²) in [4.78, 5) is 25.2. The molecule has 1 unspecified atom stereocenters. The second-order valence-corrected chi connectivity index (χ2v) is 7.32. The number of carbonyl (C=O) groups is 2. The number of fused-ring (bicyclic) bond motifs is 1. The average molecular weight is 472 g/mol. The number of carbonyl (C=O) groups excluding carboxylic acids is 2. The lowest BCUT2D eigenvalue weighted by Gasteiger charge is -2.28. The van der Waals surface area contributed by atoms with Gasteiger partial charge in [0.2, 0.25) is 5.88 Å². The number of nitrogens with two attached hydrogens (primary N) is 1. The first-order valence-electron chi connectivity index (χ1n) is 10.8. The molecular formula is C25H29NO8. The maximum atomic E-state index is 12.7. The minimum absolute atomic E-state index is 0.0770. The van der Waals surface area contributed by atoms with Crippen LogP contribution in [0.25, 0.3) is 11.1 Å².